The lowest BCUT2D eigenvalue weighted by Gasteiger charge is -2.02. The molecule has 0 saturated heterocycles. The number of nitrogens with zero attached hydrogens (tertiary/aromatic N) is 2. The van der Waals surface area contributed by atoms with Gasteiger partial charge in [-0.1, -0.05) is 23.4 Å². The minimum atomic E-state index is -0.283. The van der Waals surface area contributed by atoms with Gasteiger partial charge in [-0.15, -0.1) is 0 Å². The number of ether oxygens (including phenoxy) is 2. The van der Waals surface area contributed by atoms with Crippen LogP contribution in [0, 0.1) is 0 Å². The van der Waals surface area contributed by atoms with Crippen LogP contribution in [0.3, 0.4) is 0 Å². The van der Waals surface area contributed by atoms with E-state index >= 15 is 0 Å². The lowest BCUT2D eigenvalue weighted by molar-refractivity contribution is -0.145. The van der Waals surface area contributed by atoms with Gasteiger partial charge in [-0.2, -0.15) is 4.98 Å². The van der Waals surface area contributed by atoms with Crippen LogP contribution in [-0.4, -0.2) is 28.2 Å². The first kappa shape index (κ1) is 18.7. The highest BCUT2D eigenvalue weighted by molar-refractivity contribution is 5.83. The molecule has 0 amide bonds. The average molecular weight is 391 g/mol. The van der Waals surface area contributed by atoms with E-state index in [9.17, 15) is 4.79 Å². The van der Waals surface area contributed by atoms with E-state index in [-0.39, 0.29) is 18.5 Å². The van der Waals surface area contributed by atoms with Gasteiger partial charge in [0.2, 0.25) is 5.82 Å². The molecule has 4 aromatic rings. The molecule has 0 spiro atoms. The Hall–Kier alpha value is -3.61. The summed E-state index contributed by atoms with van der Waals surface area (Å²) in [4.78, 5) is 19.5. The number of hydrogen-bond donors (Lipinski definition) is 1. The molecule has 0 bridgehead atoms. The number of nitrogens with one attached hydrogen (secondary N) is 1. The quantitative estimate of drug-likeness (QED) is 0.451. The van der Waals surface area contributed by atoms with Gasteiger partial charge < -0.3 is 19.0 Å². The van der Waals surface area contributed by atoms with Crippen molar-refractivity contribution in [1.82, 2.24) is 15.1 Å². The maximum Gasteiger partial charge on any atom is 0.306 e. The predicted molar refractivity (Wildman–Crippen MR) is 107 cm³/mol. The van der Waals surface area contributed by atoms with Crippen molar-refractivity contribution in [1.29, 1.82) is 0 Å². The van der Waals surface area contributed by atoms with Gasteiger partial charge in [0.1, 0.15) is 5.75 Å². The lowest BCUT2D eigenvalue weighted by atomic mass is 10.1. The van der Waals surface area contributed by atoms with E-state index in [4.69, 9.17) is 14.0 Å². The van der Waals surface area contributed by atoms with Gasteiger partial charge in [0.25, 0.3) is 5.89 Å². The van der Waals surface area contributed by atoms with E-state index in [1.165, 1.54) is 10.9 Å². The van der Waals surface area contributed by atoms with E-state index in [1.54, 1.807) is 7.11 Å². The summed E-state index contributed by atoms with van der Waals surface area (Å²) in [7, 11) is 1.61. The molecule has 0 atom stereocenters. The molecule has 0 unspecified atom stereocenters. The highest BCUT2D eigenvalue weighted by Gasteiger charge is 2.12. The van der Waals surface area contributed by atoms with E-state index in [2.05, 4.69) is 21.2 Å². The fourth-order valence-electron chi connectivity index (χ4n) is 3.15. The Kier molecular flexibility index (Phi) is 5.56. The SMILES string of the molecule is COc1ccc(-c2noc(COC(=O)CCCc3c[nH]c4ccccc34)n2)cc1. The molecule has 0 saturated carbocycles. The first-order chi connectivity index (χ1) is 14.2. The third-order valence-electron chi connectivity index (χ3n) is 4.67. The molecule has 1 N–H and O–H groups in total. The van der Waals surface area contributed by atoms with Crippen LogP contribution in [0.5, 0.6) is 5.75 Å². The van der Waals surface area contributed by atoms with Crippen LogP contribution in [0.25, 0.3) is 22.3 Å². The third-order valence-corrected chi connectivity index (χ3v) is 4.67. The van der Waals surface area contributed by atoms with Crippen molar-refractivity contribution in [2.75, 3.05) is 7.11 Å². The fourth-order valence-corrected chi connectivity index (χ4v) is 3.15. The van der Waals surface area contributed by atoms with Crippen LogP contribution in [0.4, 0.5) is 0 Å². The number of benzene rings is 2. The summed E-state index contributed by atoms with van der Waals surface area (Å²) in [5.41, 5.74) is 3.11. The maximum absolute atomic E-state index is 12.0. The highest BCUT2D eigenvalue weighted by atomic mass is 16.6. The topological polar surface area (TPSA) is 90.2 Å². The Balaban J connectivity index is 1.25. The molecule has 0 fully saturated rings. The molecule has 2 heterocycles. The number of hydrogen-bond acceptors (Lipinski definition) is 6. The third kappa shape index (κ3) is 4.45. The molecule has 0 aliphatic heterocycles. The fraction of sp³-hybridized carbons (Fsp3) is 0.227. The van der Waals surface area contributed by atoms with Gasteiger partial charge in [-0.25, -0.2) is 0 Å². The van der Waals surface area contributed by atoms with Gasteiger partial charge >= 0.3 is 5.97 Å². The van der Waals surface area contributed by atoms with Gasteiger partial charge in [-0.3, -0.25) is 4.79 Å². The summed E-state index contributed by atoms with van der Waals surface area (Å²) >= 11 is 0. The Morgan fingerprint density at radius 1 is 1.14 bits per heavy atom. The molecule has 4 rings (SSSR count). The van der Waals surface area contributed by atoms with Gasteiger partial charge in [0.05, 0.1) is 7.11 Å². The zero-order valence-electron chi connectivity index (χ0n) is 16.1. The van der Waals surface area contributed by atoms with Gasteiger partial charge in [0, 0.05) is 29.1 Å². The maximum atomic E-state index is 12.0. The number of carbonyl (C=O) groups excluding carboxylic acids is 1. The minimum Gasteiger partial charge on any atom is -0.497 e. The van der Waals surface area contributed by atoms with E-state index in [1.807, 2.05) is 48.7 Å². The van der Waals surface area contributed by atoms with Gasteiger partial charge in [-0.05, 0) is 48.7 Å². The smallest absolute Gasteiger partial charge is 0.306 e. The molecule has 2 aromatic carbocycles. The molecule has 7 nitrogen and oxygen atoms in total. The summed E-state index contributed by atoms with van der Waals surface area (Å²) in [6.45, 7) is -0.0327. The minimum absolute atomic E-state index is 0.0327. The summed E-state index contributed by atoms with van der Waals surface area (Å²) < 4.78 is 15.6. The molecule has 29 heavy (non-hydrogen) atoms. The number of aryl methyl sites for hydroxylation is 1. The van der Waals surface area contributed by atoms with Crippen LogP contribution in [-0.2, 0) is 22.6 Å². The van der Waals surface area contributed by atoms with Crippen molar-refractivity contribution in [2.45, 2.75) is 25.9 Å². The second-order valence-corrected chi connectivity index (χ2v) is 6.61. The second kappa shape index (κ2) is 8.60. The van der Waals surface area contributed by atoms with Crippen LogP contribution < -0.4 is 4.74 Å². The summed E-state index contributed by atoms with van der Waals surface area (Å²) in [6.07, 6.45) is 3.84. The number of aromatic amines is 1. The van der Waals surface area contributed by atoms with Crippen LogP contribution >= 0.6 is 0 Å². The predicted octanol–water partition coefficient (Wildman–Crippen LogP) is 4.29. The zero-order chi connectivity index (χ0) is 20.1. The van der Waals surface area contributed by atoms with Crippen molar-refractivity contribution >= 4 is 16.9 Å². The number of para-hydroxylation sites is 1. The normalized spacial score (nSPS) is 10.9. The zero-order valence-corrected chi connectivity index (χ0v) is 16.1. The van der Waals surface area contributed by atoms with E-state index in [0.29, 0.717) is 18.7 Å². The average Bonchev–Trinajstić information content (AvgIpc) is 3.40. The Bertz CT molecular complexity index is 1100. The summed E-state index contributed by atoms with van der Waals surface area (Å²) in [5.74, 6) is 1.17. The Labute approximate surface area is 167 Å². The second-order valence-electron chi connectivity index (χ2n) is 6.61. The lowest BCUT2D eigenvalue weighted by Crippen LogP contribution is -2.05. The van der Waals surface area contributed by atoms with Crippen molar-refractivity contribution < 1.29 is 18.8 Å². The van der Waals surface area contributed by atoms with Crippen molar-refractivity contribution in [3.05, 3.63) is 66.2 Å². The van der Waals surface area contributed by atoms with Crippen LogP contribution in [0.1, 0.15) is 24.3 Å². The summed E-state index contributed by atoms with van der Waals surface area (Å²) in [6, 6.07) is 15.4. The van der Waals surface area contributed by atoms with Crippen molar-refractivity contribution in [3.8, 4) is 17.1 Å². The van der Waals surface area contributed by atoms with Crippen molar-refractivity contribution in [3.63, 3.8) is 0 Å². The largest absolute Gasteiger partial charge is 0.497 e. The number of aromatic nitrogens is 3. The summed E-state index contributed by atoms with van der Waals surface area (Å²) in [5, 5.41) is 5.12. The first-order valence-corrected chi connectivity index (χ1v) is 9.40. The highest BCUT2D eigenvalue weighted by Crippen LogP contribution is 2.21. The molecule has 0 aliphatic carbocycles. The Morgan fingerprint density at radius 3 is 2.79 bits per heavy atom. The molecular weight excluding hydrogens is 370 g/mol. The van der Waals surface area contributed by atoms with Crippen LogP contribution in [0.15, 0.2) is 59.3 Å². The Morgan fingerprint density at radius 2 is 1.97 bits per heavy atom. The number of fused-ring (bicyclic) bond motifs is 1. The number of methoxy groups -OCH3 is 1. The number of esters is 1. The molecule has 2 aromatic heterocycles. The van der Waals surface area contributed by atoms with Crippen molar-refractivity contribution in [2.24, 2.45) is 0 Å². The van der Waals surface area contributed by atoms with E-state index in [0.717, 1.165) is 23.3 Å². The monoisotopic (exact) mass is 391 g/mol. The molecule has 0 aliphatic rings. The van der Waals surface area contributed by atoms with Gasteiger partial charge in [0.15, 0.2) is 6.61 Å². The first-order valence-electron chi connectivity index (χ1n) is 9.40. The van der Waals surface area contributed by atoms with E-state index < -0.39 is 0 Å². The molecule has 148 valence electrons. The van der Waals surface area contributed by atoms with Crippen LogP contribution in [0.2, 0.25) is 0 Å². The number of rotatable bonds is 8. The molecule has 0 radical (unpaired) electrons. The number of H-pyrrole nitrogens is 1. The molecular formula is C22H21N3O4. The molecule has 7 heteroatoms. The standard InChI is InChI=1S/C22H21N3O4/c1-27-17-11-9-15(10-12-17)22-24-20(29-25-22)14-28-21(26)8-4-5-16-13-23-19-7-3-2-6-18(16)19/h2-3,6-7,9-13,23H,4-5,8,14H2,1H3. The number of carbonyl (C=O) groups is 1.